The second kappa shape index (κ2) is 5.35. The van der Waals surface area contributed by atoms with Crippen molar-refractivity contribution in [3.8, 4) is 11.3 Å². The number of hydrogen-bond donors (Lipinski definition) is 0. The van der Waals surface area contributed by atoms with E-state index in [1.807, 2.05) is 29.2 Å². The van der Waals surface area contributed by atoms with Crippen LogP contribution in [0.25, 0.3) is 22.3 Å². The Morgan fingerprint density at radius 3 is 2.68 bits per heavy atom. The van der Waals surface area contributed by atoms with Gasteiger partial charge in [-0.25, -0.2) is 0 Å². The van der Waals surface area contributed by atoms with Gasteiger partial charge in [0, 0.05) is 19.2 Å². The van der Waals surface area contributed by atoms with E-state index in [0.717, 1.165) is 18.7 Å². The van der Waals surface area contributed by atoms with Crippen molar-refractivity contribution in [1.29, 1.82) is 0 Å². The lowest BCUT2D eigenvalue weighted by molar-refractivity contribution is 0.121. The molecule has 112 valence electrons. The quantitative estimate of drug-likeness (QED) is 0.728. The molecular formula is C17H15NO4. The summed E-state index contributed by atoms with van der Waals surface area (Å²) in [6.45, 7) is 2.72. The molecule has 0 unspecified atom stereocenters. The Hall–Kier alpha value is -2.53. The Kier molecular flexibility index (Phi) is 3.20. The van der Waals surface area contributed by atoms with Crippen LogP contribution in [0.3, 0.4) is 0 Å². The molecule has 0 amide bonds. The number of anilines is 1. The van der Waals surface area contributed by atoms with Gasteiger partial charge in [0.15, 0.2) is 16.9 Å². The molecule has 1 saturated heterocycles. The minimum Gasteiger partial charge on any atom is -0.464 e. The number of fused-ring (bicyclic) bond motifs is 1. The van der Waals surface area contributed by atoms with Crippen LogP contribution >= 0.6 is 0 Å². The molecule has 0 spiro atoms. The average Bonchev–Trinajstić information content (AvgIpc) is 3.09. The molecule has 1 aromatic carbocycles. The van der Waals surface area contributed by atoms with Gasteiger partial charge >= 0.3 is 0 Å². The summed E-state index contributed by atoms with van der Waals surface area (Å²) in [4.78, 5) is 14.4. The van der Waals surface area contributed by atoms with Crippen LogP contribution in [-0.2, 0) is 4.74 Å². The summed E-state index contributed by atoms with van der Waals surface area (Å²) < 4.78 is 16.8. The van der Waals surface area contributed by atoms with Gasteiger partial charge in [-0.2, -0.15) is 0 Å². The molecule has 4 rings (SSSR count). The molecule has 0 bridgehead atoms. The first-order valence-corrected chi connectivity index (χ1v) is 7.26. The van der Waals surface area contributed by atoms with Gasteiger partial charge in [-0.15, -0.1) is 0 Å². The lowest BCUT2D eigenvalue weighted by Crippen LogP contribution is -2.36. The lowest BCUT2D eigenvalue weighted by Gasteiger charge is -2.27. The van der Waals surface area contributed by atoms with Crippen molar-refractivity contribution in [2.24, 2.45) is 0 Å². The van der Waals surface area contributed by atoms with Crippen LogP contribution in [0.5, 0.6) is 0 Å². The molecule has 1 aliphatic rings. The molecule has 22 heavy (non-hydrogen) atoms. The molecule has 5 nitrogen and oxygen atoms in total. The van der Waals surface area contributed by atoms with E-state index in [1.165, 1.54) is 0 Å². The van der Waals surface area contributed by atoms with Crippen LogP contribution in [0, 0.1) is 0 Å². The first-order valence-electron chi connectivity index (χ1n) is 7.26. The highest BCUT2D eigenvalue weighted by atomic mass is 16.5. The summed E-state index contributed by atoms with van der Waals surface area (Å²) in [6.07, 6.45) is 1.61. The van der Waals surface area contributed by atoms with Gasteiger partial charge in [0.05, 0.1) is 30.4 Å². The van der Waals surface area contributed by atoms with E-state index in [-0.39, 0.29) is 5.43 Å². The van der Waals surface area contributed by atoms with Crippen LogP contribution in [0.15, 0.2) is 56.3 Å². The zero-order valence-electron chi connectivity index (χ0n) is 12.0. The Bertz CT molecular complexity index is 845. The third-order valence-electron chi connectivity index (χ3n) is 3.85. The van der Waals surface area contributed by atoms with Gasteiger partial charge < -0.3 is 18.5 Å². The van der Waals surface area contributed by atoms with Crippen molar-refractivity contribution < 1.29 is 13.6 Å². The summed E-state index contributed by atoms with van der Waals surface area (Å²) in [6, 6.07) is 10.7. The number of nitrogens with zero attached hydrogens (tertiary/aromatic N) is 1. The molecule has 1 fully saturated rings. The normalized spacial score (nSPS) is 15.4. The Morgan fingerprint density at radius 1 is 1.05 bits per heavy atom. The molecule has 2 aromatic heterocycles. The van der Waals surface area contributed by atoms with Gasteiger partial charge in [-0.3, -0.25) is 4.79 Å². The highest BCUT2D eigenvalue weighted by Gasteiger charge is 2.17. The standard InChI is InChI=1S/C17H15NO4/c19-14-11-16(18-6-9-20-10-7-18)22-17-12(14)3-1-4-13(17)15-5-2-8-21-15/h1-5,8,11H,6-7,9-10H2. The first kappa shape index (κ1) is 13.2. The third-order valence-corrected chi connectivity index (χ3v) is 3.85. The topological polar surface area (TPSA) is 55.8 Å². The minimum atomic E-state index is -0.0452. The van der Waals surface area contributed by atoms with Crippen molar-refractivity contribution in [3.63, 3.8) is 0 Å². The number of morpholine rings is 1. The van der Waals surface area contributed by atoms with Crippen molar-refractivity contribution in [2.45, 2.75) is 0 Å². The predicted molar refractivity (Wildman–Crippen MR) is 83.2 cm³/mol. The van der Waals surface area contributed by atoms with Gasteiger partial charge in [0.1, 0.15) is 5.76 Å². The number of rotatable bonds is 2. The van der Waals surface area contributed by atoms with E-state index in [4.69, 9.17) is 13.6 Å². The van der Waals surface area contributed by atoms with E-state index in [0.29, 0.717) is 35.8 Å². The van der Waals surface area contributed by atoms with Crippen LogP contribution in [0.1, 0.15) is 0 Å². The average molecular weight is 297 g/mol. The summed E-state index contributed by atoms with van der Waals surface area (Å²) in [5, 5.41) is 0.561. The Morgan fingerprint density at radius 2 is 1.91 bits per heavy atom. The van der Waals surface area contributed by atoms with Crippen LogP contribution in [-0.4, -0.2) is 26.3 Å². The molecule has 0 aliphatic carbocycles. The van der Waals surface area contributed by atoms with E-state index in [1.54, 1.807) is 18.4 Å². The summed E-state index contributed by atoms with van der Waals surface area (Å²) in [7, 11) is 0. The Labute approximate surface area is 126 Å². The molecule has 3 heterocycles. The van der Waals surface area contributed by atoms with Crippen molar-refractivity contribution in [2.75, 3.05) is 31.2 Å². The summed E-state index contributed by atoms with van der Waals surface area (Å²) in [5.74, 6) is 1.27. The fraction of sp³-hybridized carbons (Fsp3) is 0.235. The molecule has 0 saturated carbocycles. The van der Waals surface area contributed by atoms with E-state index in [9.17, 15) is 4.79 Å². The SMILES string of the molecule is O=c1cc(N2CCOCC2)oc2c(-c3ccco3)cccc12. The van der Waals surface area contributed by atoms with Gasteiger partial charge in [0.25, 0.3) is 0 Å². The second-order valence-electron chi connectivity index (χ2n) is 5.21. The smallest absolute Gasteiger partial charge is 0.200 e. The minimum absolute atomic E-state index is 0.0452. The number of hydrogen-bond acceptors (Lipinski definition) is 5. The second-order valence-corrected chi connectivity index (χ2v) is 5.21. The zero-order chi connectivity index (χ0) is 14.9. The van der Waals surface area contributed by atoms with Gasteiger partial charge in [0.2, 0.25) is 0 Å². The predicted octanol–water partition coefficient (Wildman–Crippen LogP) is 2.89. The fourth-order valence-corrected chi connectivity index (χ4v) is 2.73. The number of furan rings is 1. The van der Waals surface area contributed by atoms with Crippen molar-refractivity contribution >= 4 is 16.9 Å². The van der Waals surface area contributed by atoms with Crippen molar-refractivity contribution in [3.05, 3.63) is 52.9 Å². The van der Waals surface area contributed by atoms with Crippen LogP contribution < -0.4 is 10.3 Å². The summed E-state index contributed by atoms with van der Waals surface area (Å²) in [5.41, 5.74) is 1.30. The van der Waals surface area contributed by atoms with E-state index in [2.05, 4.69) is 0 Å². The molecule has 0 atom stereocenters. The van der Waals surface area contributed by atoms with E-state index >= 15 is 0 Å². The molecule has 1 aliphatic heterocycles. The first-order chi connectivity index (χ1) is 10.8. The third kappa shape index (κ3) is 2.19. The van der Waals surface area contributed by atoms with Gasteiger partial charge in [-0.05, 0) is 24.3 Å². The number of benzene rings is 1. The lowest BCUT2D eigenvalue weighted by atomic mass is 10.1. The maximum Gasteiger partial charge on any atom is 0.200 e. The molecule has 3 aromatic rings. The number of ether oxygens (including phenoxy) is 1. The maximum atomic E-state index is 12.4. The van der Waals surface area contributed by atoms with Gasteiger partial charge in [-0.1, -0.05) is 6.07 Å². The monoisotopic (exact) mass is 297 g/mol. The molecule has 0 radical (unpaired) electrons. The zero-order valence-corrected chi connectivity index (χ0v) is 12.0. The van der Waals surface area contributed by atoms with Crippen molar-refractivity contribution in [1.82, 2.24) is 0 Å². The van der Waals surface area contributed by atoms with Crippen LogP contribution in [0.4, 0.5) is 5.88 Å². The Balaban J connectivity index is 1.91. The number of para-hydroxylation sites is 1. The fourth-order valence-electron chi connectivity index (χ4n) is 2.73. The highest BCUT2D eigenvalue weighted by molar-refractivity contribution is 5.91. The highest BCUT2D eigenvalue weighted by Crippen LogP contribution is 2.30. The van der Waals surface area contributed by atoms with Crippen LogP contribution in [0.2, 0.25) is 0 Å². The maximum absolute atomic E-state index is 12.4. The summed E-state index contributed by atoms with van der Waals surface area (Å²) >= 11 is 0. The molecule has 0 N–H and O–H groups in total. The largest absolute Gasteiger partial charge is 0.464 e. The molecular weight excluding hydrogens is 282 g/mol. The molecule has 5 heteroatoms. The van der Waals surface area contributed by atoms with E-state index < -0.39 is 0 Å².